The molecule has 2 aromatic rings. The third kappa shape index (κ3) is 5.55. The highest BCUT2D eigenvalue weighted by Crippen LogP contribution is 2.30. The van der Waals surface area contributed by atoms with E-state index >= 15 is 0 Å². The standard InChI is InChI=1S/C20H21F3N4O/c21-20(22,23)15-6-8-16(9-7-15)26-19-25-13-11-17(27-19)18(28)24-12-10-14-4-2-1-3-5-14/h4,6-9,11,13H,1-3,5,10,12H2,(H,24,28)(H,25,26,27). The molecule has 3 rings (SSSR count). The Kier molecular flexibility index (Phi) is 6.28. The number of amides is 1. The van der Waals surface area contributed by atoms with Crippen molar-refractivity contribution < 1.29 is 18.0 Å². The molecule has 0 fully saturated rings. The van der Waals surface area contributed by atoms with Gasteiger partial charge < -0.3 is 10.6 Å². The molecule has 148 valence electrons. The van der Waals surface area contributed by atoms with Crippen molar-refractivity contribution >= 4 is 17.5 Å². The Morgan fingerprint density at radius 3 is 2.57 bits per heavy atom. The number of carbonyl (C=O) groups excluding carboxylic acids is 1. The molecule has 0 unspecified atom stereocenters. The number of aromatic nitrogens is 2. The summed E-state index contributed by atoms with van der Waals surface area (Å²) in [6.07, 6.45) is 4.73. The van der Waals surface area contributed by atoms with Gasteiger partial charge in [-0.05, 0) is 62.4 Å². The van der Waals surface area contributed by atoms with Crippen LogP contribution in [0.3, 0.4) is 0 Å². The largest absolute Gasteiger partial charge is 0.416 e. The number of halogens is 3. The molecule has 1 aromatic carbocycles. The van der Waals surface area contributed by atoms with E-state index < -0.39 is 11.7 Å². The number of nitrogens with one attached hydrogen (secondary N) is 2. The summed E-state index contributed by atoms with van der Waals surface area (Å²) in [6.45, 7) is 0.538. The number of hydrogen-bond acceptors (Lipinski definition) is 4. The van der Waals surface area contributed by atoms with Crippen LogP contribution in [0.4, 0.5) is 24.8 Å². The molecular formula is C20H21F3N4O. The van der Waals surface area contributed by atoms with Gasteiger partial charge in [0.25, 0.3) is 5.91 Å². The lowest BCUT2D eigenvalue weighted by atomic mass is 9.97. The van der Waals surface area contributed by atoms with Gasteiger partial charge in [-0.25, -0.2) is 9.97 Å². The van der Waals surface area contributed by atoms with Crippen LogP contribution in [0.2, 0.25) is 0 Å². The highest BCUT2D eigenvalue weighted by Gasteiger charge is 2.29. The van der Waals surface area contributed by atoms with Crippen molar-refractivity contribution in [3.8, 4) is 0 Å². The summed E-state index contributed by atoms with van der Waals surface area (Å²) >= 11 is 0. The zero-order chi connectivity index (χ0) is 20.0. The molecule has 1 heterocycles. The molecule has 0 saturated heterocycles. The van der Waals surface area contributed by atoms with E-state index in [1.807, 2.05) is 0 Å². The summed E-state index contributed by atoms with van der Waals surface area (Å²) < 4.78 is 37.8. The smallest absolute Gasteiger partial charge is 0.350 e. The van der Waals surface area contributed by atoms with Crippen LogP contribution in [-0.2, 0) is 6.18 Å². The van der Waals surface area contributed by atoms with Gasteiger partial charge in [0, 0.05) is 18.4 Å². The molecule has 28 heavy (non-hydrogen) atoms. The van der Waals surface area contributed by atoms with Crippen LogP contribution < -0.4 is 10.6 Å². The number of benzene rings is 1. The minimum absolute atomic E-state index is 0.141. The number of carbonyl (C=O) groups is 1. The van der Waals surface area contributed by atoms with Crippen LogP contribution >= 0.6 is 0 Å². The van der Waals surface area contributed by atoms with Gasteiger partial charge in [-0.15, -0.1) is 0 Å². The maximum absolute atomic E-state index is 12.6. The average molecular weight is 390 g/mol. The highest BCUT2D eigenvalue weighted by atomic mass is 19.4. The topological polar surface area (TPSA) is 66.9 Å². The molecule has 0 spiro atoms. The first-order valence-electron chi connectivity index (χ1n) is 9.15. The molecule has 2 N–H and O–H groups in total. The molecular weight excluding hydrogens is 369 g/mol. The van der Waals surface area contributed by atoms with Crippen LogP contribution in [0, 0.1) is 0 Å². The summed E-state index contributed by atoms with van der Waals surface area (Å²) in [5, 5.41) is 5.65. The molecule has 1 aliphatic rings. The summed E-state index contributed by atoms with van der Waals surface area (Å²) in [7, 11) is 0. The second-order valence-electron chi connectivity index (χ2n) is 6.58. The van der Waals surface area contributed by atoms with Crippen molar-refractivity contribution in [3.05, 3.63) is 59.4 Å². The third-order valence-corrected chi connectivity index (χ3v) is 4.47. The fourth-order valence-corrected chi connectivity index (χ4v) is 2.98. The van der Waals surface area contributed by atoms with E-state index in [4.69, 9.17) is 0 Å². The van der Waals surface area contributed by atoms with E-state index in [1.54, 1.807) is 0 Å². The first-order valence-corrected chi connectivity index (χ1v) is 9.15. The third-order valence-electron chi connectivity index (χ3n) is 4.47. The molecule has 0 atom stereocenters. The van der Waals surface area contributed by atoms with E-state index in [9.17, 15) is 18.0 Å². The second kappa shape index (κ2) is 8.86. The zero-order valence-corrected chi connectivity index (χ0v) is 15.2. The van der Waals surface area contributed by atoms with Gasteiger partial charge in [0.15, 0.2) is 0 Å². The van der Waals surface area contributed by atoms with Gasteiger partial charge in [0.05, 0.1) is 5.56 Å². The molecule has 1 amide bonds. The maximum Gasteiger partial charge on any atom is 0.416 e. The fourth-order valence-electron chi connectivity index (χ4n) is 2.98. The molecule has 0 saturated carbocycles. The van der Waals surface area contributed by atoms with Crippen molar-refractivity contribution in [1.29, 1.82) is 0 Å². The Hall–Kier alpha value is -2.90. The molecule has 1 aromatic heterocycles. The second-order valence-corrected chi connectivity index (χ2v) is 6.58. The monoisotopic (exact) mass is 390 g/mol. The number of anilines is 2. The van der Waals surface area contributed by atoms with Crippen LogP contribution in [0.5, 0.6) is 0 Å². The summed E-state index contributed by atoms with van der Waals surface area (Å²) in [4.78, 5) is 20.4. The molecule has 5 nitrogen and oxygen atoms in total. The van der Waals surface area contributed by atoms with E-state index in [0.29, 0.717) is 12.2 Å². The lowest BCUT2D eigenvalue weighted by Crippen LogP contribution is -2.26. The molecule has 8 heteroatoms. The highest BCUT2D eigenvalue weighted by molar-refractivity contribution is 5.92. The van der Waals surface area contributed by atoms with E-state index in [2.05, 4.69) is 26.7 Å². The van der Waals surface area contributed by atoms with Crippen LogP contribution in [0.15, 0.2) is 48.2 Å². The molecule has 0 bridgehead atoms. The molecule has 0 radical (unpaired) electrons. The first kappa shape index (κ1) is 19.9. The minimum atomic E-state index is -4.39. The SMILES string of the molecule is O=C(NCCC1=CCCCC1)c1ccnc(Nc2ccc(C(F)(F)F)cc2)n1. The van der Waals surface area contributed by atoms with Crippen LogP contribution in [0.1, 0.15) is 48.2 Å². The number of hydrogen-bond donors (Lipinski definition) is 2. The predicted octanol–water partition coefficient (Wildman–Crippen LogP) is 4.86. The fraction of sp³-hybridized carbons (Fsp3) is 0.350. The Bertz CT molecular complexity index is 847. The summed E-state index contributed by atoms with van der Waals surface area (Å²) in [5.74, 6) is -0.170. The lowest BCUT2D eigenvalue weighted by molar-refractivity contribution is -0.137. The van der Waals surface area contributed by atoms with E-state index in [1.165, 1.54) is 42.8 Å². The summed E-state index contributed by atoms with van der Waals surface area (Å²) in [5.41, 5.74) is 1.23. The Morgan fingerprint density at radius 1 is 1.11 bits per heavy atom. The molecule has 0 aliphatic heterocycles. The van der Waals surface area contributed by atoms with Gasteiger partial charge >= 0.3 is 6.18 Å². The van der Waals surface area contributed by atoms with Gasteiger partial charge in [0.1, 0.15) is 5.69 Å². The maximum atomic E-state index is 12.6. The van der Waals surface area contributed by atoms with Crippen molar-refractivity contribution in [1.82, 2.24) is 15.3 Å². The normalized spacial score (nSPS) is 14.3. The average Bonchev–Trinajstić information content (AvgIpc) is 2.69. The minimum Gasteiger partial charge on any atom is -0.350 e. The van der Waals surface area contributed by atoms with Gasteiger partial charge in [-0.2, -0.15) is 13.2 Å². The predicted molar refractivity (Wildman–Crippen MR) is 100 cm³/mol. The van der Waals surface area contributed by atoms with Crippen LogP contribution in [-0.4, -0.2) is 22.4 Å². The quantitative estimate of drug-likeness (QED) is 0.692. The Morgan fingerprint density at radius 2 is 1.89 bits per heavy atom. The van der Waals surface area contributed by atoms with Crippen molar-refractivity contribution in [2.45, 2.75) is 38.3 Å². The van der Waals surface area contributed by atoms with Crippen molar-refractivity contribution in [2.24, 2.45) is 0 Å². The molecule has 1 aliphatic carbocycles. The van der Waals surface area contributed by atoms with E-state index in [0.717, 1.165) is 31.4 Å². The number of alkyl halides is 3. The first-order chi connectivity index (χ1) is 13.4. The van der Waals surface area contributed by atoms with E-state index in [-0.39, 0.29) is 17.5 Å². The van der Waals surface area contributed by atoms with Gasteiger partial charge in [-0.1, -0.05) is 11.6 Å². The van der Waals surface area contributed by atoms with Crippen LogP contribution in [0.25, 0.3) is 0 Å². The Balaban J connectivity index is 1.57. The summed E-state index contributed by atoms with van der Waals surface area (Å²) in [6, 6.07) is 6.01. The van der Waals surface area contributed by atoms with Crippen molar-refractivity contribution in [2.75, 3.05) is 11.9 Å². The van der Waals surface area contributed by atoms with Gasteiger partial charge in [-0.3, -0.25) is 4.79 Å². The zero-order valence-electron chi connectivity index (χ0n) is 15.2. The lowest BCUT2D eigenvalue weighted by Gasteiger charge is -2.13. The Labute approximate surface area is 161 Å². The van der Waals surface area contributed by atoms with Crippen molar-refractivity contribution in [3.63, 3.8) is 0 Å². The number of allylic oxidation sites excluding steroid dienone is 1. The number of nitrogens with zero attached hydrogens (tertiary/aromatic N) is 2. The van der Waals surface area contributed by atoms with Gasteiger partial charge in [0.2, 0.25) is 5.95 Å². The number of rotatable bonds is 6.